The lowest BCUT2D eigenvalue weighted by molar-refractivity contribution is -0.0763. The van der Waals surface area contributed by atoms with Gasteiger partial charge in [-0.15, -0.1) is 0 Å². The Morgan fingerprint density at radius 1 is 0.931 bits per heavy atom. The Labute approximate surface area is 343 Å². The predicted octanol–water partition coefficient (Wildman–Crippen LogP) is 8.01. The molecule has 3 aromatic rings. The van der Waals surface area contributed by atoms with Crippen LogP contribution in [0, 0.1) is 22.7 Å². The maximum absolute atomic E-state index is 13.2. The van der Waals surface area contributed by atoms with Crippen LogP contribution in [0.4, 0.5) is 5.82 Å². The van der Waals surface area contributed by atoms with Crippen LogP contribution in [-0.2, 0) is 29.7 Å². The van der Waals surface area contributed by atoms with Crippen LogP contribution in [0.15, 0.2) is 36.7 Å². The fourth-order valence-corrected chi connectivity index (χ4v) is 8.10. The summed E-state index contributed by atoms with van der Waals surface area (Å²) in [5.41, 5.74) is 5.54. The minimum absolute atomic E-state index is 0.132. The molecule has 2 aromatic heterocycles. The lowest BCUT2D eigenvalue weighted by atomic mass is 9.96. The van der Waals surface area contributed by atoms with Crippen molar-refractivity contribution < 1.29 is 42.9 Å². The van der Waals surface area contributed by atoms with Crippen LogP contribution in [0.5, 0.6) is 5.75 Å². The molecular formula is C42H63N6O9P. The zero-order chi connectivity index (χ0) is 41.8. The summed E-state index contributed by atoms with van der Waals surface area (Å²) in [4.78, 5) is 14.6. The summed E-state index contributed by atoms with van der Waals surface area (Å²) in [5, 5.41) is 45.4. The van der Waals surface area contributed by atoms with Gasteiger partial charge in [-0.2, -0.15) is 15.6 Å². The average molecular weight is 827 g/mol. The van der Waals surface area contributed by atoms with Gasteiger partial charge in [0.1, 0.15) is 54.7 Å². The van der Waals surface area contributed by atoms with E-state index in [0.29, 0.717) is 23.3 Å². The lowest BCUT2D eigenvalue weighted by Gasteiger charge is -2.26. The van der Waals surface area contributed by atoms with Crippen molar-refractivity contribution in [1.82, 2.24) is 14.6 Å². The number of hydrogen-bond donors (Lipinski definition) is 4. The number of anilines is 1. The fourth-order valence-electron chi connectivity index (χ4n) is 7.31. The molecule has 1 aromatic carbocycles. The van der Waals surface area contributed by atoms with E-state index >= 15 is 0 Å². The highest BCUT2D eigenvalue weighted by Crippen LogP contribution is 2.48. The van der Waals surface area contributed by atoms with Crippen LogP contribution in [-0.4, -0.2) is 73.9 Å². The number of methoxy groups -OCH3 is 1. The zero-order valence-electron chi connectivity index (χ0n) is 34.2. The monoisotopic (exact) mass is 826 g/mol. The molecule has 0 amide bonds. The maximum atomic E-state index is 13.2. The molecule has 0 radical (unpaired) electrons. The topological polar surface area (TPSA) is 228 Å². The van der Waals surface area contributed by atoms with E-state index in [9.17, 15) is 30.2 Å². The second-order valence-corrected chi connectivity index (χ2v) is 16.7. The van der Waals surface area contributed by atoms with Crippen LogP contribution in [0.3, 0.4) is 0 Å². The minimum Gasteiger partial charge on any atom is -0.495 e. The largest absolute Gasteiger partial charge is 0.495 e. The van der Waals surface area contributed by atoms with Gasteiger partial charge in [0.2, 0.25) is 5.60 Å². The van der Waals surface area contributed by atoms with Crippen molar-refractivity contribution >= 4 is 19.2 Å². The van der Waals surface area contributed by atoms with E-state index in [4.69, 9.17) is 29.0 Å². The SMILES string of the molecule is CCCCCCCCCCCCCCCCCCC[C@H](COP(=O)(O)OC[C@@]1(C#N)OC(c2ccc3c(N)ncnn23)[C@H](O)[C@@H]1O)OCc1ccc(C#N)c(OC)c1. The van der Waals surface area contributed by atoms with Gasteiger partial charge in [0, 0.05) is 0 Å². The normalized spacial score (nSPS) is 20.8. The number of benzene rings is 1. The molecule has 0 bridgehead atoms. The van der Waals surface area contributed by atoms with E-state index in [-0.39, 0.29) is 24.7 Å². The van der Waals surface area contributed by atoms with Crippen molar-refractivity contribution in [3.8, 4) is 17.9 Å². The first-order valence-electron chi connectivity index (χ1n) is 20.9. The number of nitrogen functional groups attached to an aromatic ring is 1. The molecule has 320 valence electrons. The van der Waals surface area contributed by atoms with Gasteiger partial charge >= 0.3 is 7.82 Å². The molecule has 1 saturated heterocycles. The van der Waals surface area contributed by atoms with E-state index in [2.05, 4.69) is 23.1 Å². The summed E-state index contributed by atoms with van der Waals surface area (Å²) in [5.74, 6) is 0.585. The first-order valence-corrected chi connectivity index (χ1v) is 22.4. The third-order valence-electron chi connectivity index (χ3n) is 10.8. The number of aliphatic hydroxyl groups is 2. The highest BCUT2D eigenvalue weighted by atomic mass is 31.2. The van der Waals surface area contributed by atoms with E-state index in [1.54, 1.807) is 30.3 Å². The molecule has 58 heavy (non-hydrogen) atoms. The van der Waals surface area contributed by atoms with Crippen LogP contribution in [0.25, 0.3) is 5.52 Å². The highest BCUT2D eigenvalue weighted by Gasteiger charge is 2.57. The summed E-state index contributed by atoms with van der Waals surface area (Å²) >= 11 is 0. The molecule has 0 spiro atoms. The second-order valence-electron chi connectivity index (χ2n) is 15.2. The molecule has 4 rings (SSSR count). The number of unbranched alkanes of at least 4 members (excludes halogenated alkanes) is 16. The molecule has 15 nitrogen and oxygen atoms in total. The number of rotatable bonds is 29. The van der Waals surface area contributed by atoms with Crippen molar-refractivity contribution in [1.29, 1.82) is 10.5 Å². The summed E-state index contributed by atoms with van der Waals surface area (Å²) in [6.07, 6.45) is 17.7. The molecular weight excluding hydrogens is 763 g/mol. The van der Waals surface area contributed by atoms with Crippen LogP contribution in [0.1, 0.15) is 145 Å². The van der Waals surface area contributed by atoms with E-state index < -0.39 is 44.4 Å². The number of ether oxygens (including phenoxy) is 3. The van der Waals surface area contributed by atoms with Crippen LogP contribution < -0.4 is 10.5 Å². The molecule has 0 saturated carbocycles. The first kappa shape index (κ1) is 47.1. The van der Waals surface area contributed by atoms with Gasteiger partial charge in [0.15, 0.2) is 5.82 Å². The van der Waals surface area contributed by atoms with E-state index in [1.807, 2.05) is 6.07 Å². The predicted molar refractivity (Wildman–Crippen MR) is 218 cm³/mol. The van der Waals surface area contributed by atoms with E-state index in [1.165, 1.54) is 101 Å². The Morgan fingerprint density at radius 3 is 2.14 bits per heavy atom. The fraction of sp³-hybridized carbons (Fsp3) is 0.667. The quantitative estimate of drug-likeness (QED) is 0.0384. The number of phosphoric acid groups is 1. The highest BCUT2D eigenvalue weighted by molar-refractivity contribution is 7.47. The van der Waals surface area contributed by atoms with Gasteiger partial charge in [-0.3, -0.25) is 9.05 Å². The number of nitrogens with two attached hydrogens (primary N) is 1. The third-order valence-corrected chi connectivity index (χ3v) is 11.7. The van der Waals surface area contributed by atoms with E-state index in [0.717, 1.165) is 31.2 Å². The minimum atomic E-state index is -4.82. The first-order chi connectivity index (χ1) is 28.1. The maximum Gasteiger partial charge on any atom is 0.472 e. The molecule has 6 atom stereocenters. The number of aromatic nitrogens is 3. The Morgan fingerprint density at radius 2 is 1.55 bits per heavy atom. The number of aliphatic hydroxyl groups excluding tert-OH is 2. The summed E-state index contributed by atoms with van der Waals surface area (Å²) < 4.78 is 42.5. The Kier molecular flexibility index (Phi) is 19.8. The molecule has 3 heterocycles. The Bertz CT molecular complexity index is 1820. The Balaban J connectivity index is 1.24. The summed E-state index contributed by atoms with van der Waals surface area (Å²) in [7, 11) is -3.34. The van der Waals surface area contributed by atoms with Crippen molar-refractivity contribution in [2.45, 2.75) is 159 Å². The Hall–Kier alpha value is -3.63. The van der Waals surface area contributed by atoms with Gasteiger partial charge in [-0.05, 0) is 36.2 Å². The molecule has 0 aliphatic carbocycles. The number of hydrogen-bond acceptors (Lipinski definition) is 13. The molecule has 5 N–H and O–H groups in total. The van der Waals surface area contributed by atoms with Crippen molar-refractivity contribution in [2.24, 2.45) is 0 Å². The molecule has 16 heteroatoms. The van der Waals surface area contributed by atoms with Gasteiger partial charge < -0.3 is 35.1 Å². The number of nitriles is 2. The summed E-state index contributed by atoms with van der Waals surface area (Å²) in [6, 6.07) is 12.2. The number of nitrogens with zero attached hydrogens (tertiary/aromatic N) is 5. The van der Waals surface area contributed by atoms with Crippen LogP contribution >= 0.6 is 7.82 Å². The number of phosphoric ester groups is 1. The molecule has 1 aliphatic heterocycles. The smallest absolute Gasteiger partial charge is 0.472 e. The van der Waals surface area contributed by atoms with Gasteiger partial charge in [-0.25, -0.2) is 14.1 Å². The standard InChI is InChI=1S/C42H63N6O9P/c1-3-4-5-6-7-8-9-10-11-12-13-14-15-16-17-18-19-20-34(54-27-32-21-22-33(26-43)37(25-32)53-2)28-55-58(51,52)56-30-42(29-44)40(50)38(49)39(57-42)35-23-24-36-41(45)46-31-47-48(35)36/h21-25,31,34,38-40,49-50H,3-20,27-28,30H2,1-2H3,(H,51,52)(H2,45,46,47)/t34-,38+,39?,40+,42-/m1/s1. The van der Waals surface area contributed by atoms with Crippen LogP contribution in [0.2, 0.25) is 0 Å². The second kappa shape index (κ2) is 24.5. The zero-order valence-corrected chi connectivity index (χ0v) is 35.1. The van der Waals surface area contributed by atoms with Crippen molar-refractivity contribution in [3.05, 3.63) is 53.5 Å². The summed E-state index contributed by atoms with van der Waals surface area (Å²) in [6.45, 7) is 1.20. The molecule has 1 fully saturated rings. The molecule has 1 aliphatic rings. The van der Waals surface area contributed by atoms with Gasteiger partial charge in [0.25, 0.3) is 0 Å². The van der Waals surface area contributed by atoms with Gasteiger partial charge in [0.05, 0.1) is 37.7 Å². The van der Waals surface area contributed by atoms with Crippen molar-refractivity contribution in [2.75, 3.05) is 26.1 Å². The number of fused-ring (bicyclic) bond motifs is 1. The average Bonchev–Trinajstić information content (AvgIpc) is 3.77. The lowest BCUT2D eigenvalue weighted by Crippen LogP contribution is -2.45. The third kappa shape index (κ3) is 14.0. The van der Waals surface area contributed by atoms with Gasteiger partial charge in [-0.1, -0.05) is 122 Å². The molecule has 2 unspecified atom stereocenters. The van der Waals surface area contributed by atoms with Crippen molar-refractivity contribution in [3.63, 3.8) is 0 Å².